The zero-order chi connectivity index (χ0) is 31.3. The molecule has 2 fully saturated rings. The lowest BCUT2D eigenvalue weighted by molar-refractivity contribution is -0.463. The standard InChI is InChI=1S/C41H47BrN2O/c1-40(2)36(43(27-38(40)45)25-28-11-5-6-12-28)23-32(30-17-20-33(42)21-18-30)24-37-41(3,4)39-34-16-10-9-15-31(34)19-22-35(39)44(37)26-29-13-7-8-14-29/h9-10,15-24,27-29H,5-8,11-14,25-26H2,1-4H3/p+1. The fourth-order valence-corrected chi connectivity index (χ4v) is 8.81. The summed E-state index contributed by atoms with van der Waals surface area (Å²) in [4.78, 5) is 2.67. The summed E-state index contributed by atoms with van der Waals surface area (Å²) in [6.45, 7) is 11.2. The number of hydrogen-bond acceptors (Lipinski definition) is 2. The summed E-state index contributed by atoms with van der Waals surface area (Å²) in [6.07, 6.45) is 17.4. The van der Waals surface area contributed by atoms with Crippen LogP contribution in [0, 0.1) is 17.3 Å². The van der Waals surface area contributed by atoms with Crippen LogP contribution >= 0.6 is 15.9 Å². The number of fused-ring (bicyclic) bond motifs is 3. The van der Waals surface area contributed by atoms with Gasteiger partial charge in [0.15, 0.2) is 18.0 Å². The number of nitrogens with zero attached hydrogens (tertiary/aromatic N) is 2. The summed E-state index contributed by atoms with van der Waals surface area (Å²) >= 11 is 3.68. The van der Waals surface area contributed by atoms with Crippen molar-refractivity contribution >= 4 is 43.7 Å². The maximum atomic E-state index is 11.2. The van der Waals surface area contributed by atoms with Crippen LogP contribution in [0.5, 0.6) is 0 Å². The quantitative estimate of drug-likeness (QED) is 0.255. The van der Waals surface area contributed by atoms with Gasteiger partial charge in [0.1, 0.15) is 5.41 Å². The predicted molar refractivity (Wildman–Crippen MR) is 193 cm³/mol. The van der Waals surface area contributed by atoms with E-state index in [0.29, 0.717) is 17.6 Å². The van der Waals surface area contributed by atoms with Crippen LogP contribution in [0.3, 0.4) is 0 Å². The molecule has 2 heterocycles. The van der Waals surface area contributed by atoms with Gasteiger partial charge in [-0.15, -0.1) is 0 Å². The second-order valence-corrected chi connectivity index (χ2v) is 15.9. The van der Waals surface area contributed by atoms with E-state index in [0.717, 1.165) is 17.6 Å². The topological polar surface area (TPSA) is 26.5 Å². The molecule has 1 N–H and O–H groups in total. The zero-order valence-electron chi connectivity index (χ0n) is 27.5. The van der Waals surface area contributed by atoms with E-state index in [1.54, 1.807) is 0 Å². The van der Waals surface area contributed by atoms with E-state index in [1.165, 1.54) is 95.9 Å². The molecule has 0 aromatic heterocycles. The Morgan fingerprint density at radius 3 is 2.24 bits per heavy atom. The summed E-state index contributed by atoms with van der Waals surface area (Å²) in [6, 6.07) is 22.3. The molecule has 0 bridgehead atoms. The van der Waals surface area contributed by atoms with Crippen LogP contribution in [0.25, 0.3) is 16.3 Å². The second kappa shape index (κ2) is 11.9. The SMILES string of the molecule is CC1(C)C(O)=C[N+](CC2CCCC2)=C1/C=C(/C=C1/N(CC2CCCC2)c2ccc3ccccc3c2C1(C)C)c1ccc(Br)cc1. The average Bonchev–Trinajstić information content (AvgIpc) is 3.80. The molecule has 2 aliphatic heterocycles. The molecule has 3 aromatic rings. The van der Waals surface area contributed by atoms with Crippen LogP contribution in [-0.4, -0.2) is 28.5 Å². The molecular weight excluding hydrogens is 616 g/mol. The normalized spacial score (nSPS) is 22.7. The molecule has 4 heteroatoms. The van der Waals surface area contributed by atoms with E-state index in [-0.39, 0.29) is 5.41 Å². The predicted octanol–water partition coefficient (Wildman–Crippen LogP) is 10.9. The highest BCUT2D eigenvalue weighted by molar-refractivity contribution is 9.10. The van der Waals surface area contributed by atoms with Crippen LogP contribution in [-0.2, 0) is 5.41 Å². The van der Waals surface area contributed by atoms with Crippen molar-refractivity contribution in [1.82, 2.24) is 0 Å². The second-order valence-electron chi connectivity index (χ2n) is 15.0. The van der Waals surface area contributed by atoms with Gasteiger partial charge in [0.05, 0.1) is 0 Å². The smallest absolute Gasteiger partial charge is 0.208 e. The van der Waals surface area contributed by atoms with Crippen molar-refractivity contribution in [2.24, 2.45) is 17.3 Å². The van der Waals surface area contributed by atoms with Crippen molar-refractivity contribution in [2.45, 2.75) is 84.5 Å². The lowest BCUT2D eigenvalue weighted by atomic mass is 9.80. The molecule has 2 aliphatic carbocycles. The van der Waals surface area contributed by atoms with Gasteiger partial charge >= 0.3 is 0 Å². The first kappa shape index (κ1) is 30.5. The lowest BCUT2D eigenvalue weighted by Crippen LogP contribution is -2.30. The van der Waals surface area contributed by atoms with Gasteiger partial charge in [-0.3, -0.25) is 0 Å². The summed E-state index contributed by atoms with van der Waals surface area (Å²) in [5.41, 5.74) is 7.11. The summed E-state index contributed by atoms with van der Waals surface area (Å²) in [5.74, 6) is 1.85. The first-order valence-electron chi connectivity index (χ1n) is 17.2. The Bertz CT molecular complexity index is 1730. The molecule has 45 heavy (non-hydrogen) atoms. The Balaban J connectivity index is 1.42. The highest BCUT2D eigenvalue weighted by atomic mass is 79.9. The largest absolute Gasteiger partial charge is 0.506 e. The van der Waals surface area contributed by atoms with Gasteiger partial charge in [-0.1, -0.05) is 97.9 Å². The first-order chi connectivity index (χ1) is 21.6. The highest BCUT2D eigenvalue weighted by Gasteiger charge is 2.45. The van der Waals surface area contributed by atoms with Crippen LogP contribution < -0.4 is 4.90 Å². The Morgan fingerprint density at radius 2 is 1.53 bits per heavy atom. The van der Waals surface area contributed by atoms with Gasteiger partial charge in [0.25, 0.3) is 0 Å². The van der Waals surface area contributed by atoms with Gasteiger partial charge in [-0.2, -0.15) is 4.58 Å². The number of hydrogen-bond donors (Lipinski definition) is 1. The van der Waals surface area contributed by atoms with Crippen molar-refractivity contribution in [3.8, 4) is 0 Å². The van der Waals surface area contributed by atoms with Gasteiger partial charge in [-0.25, -0.2) is 0 Å². The number of allylic oxidation sites excluding steroid dienone is 5. The number of aliphatic hydroxyl groups is 1. The van der Waals surface area contributed by atoms with Gasteiger partial charge in [0, 0.05) is 39.8 Å². The number of halogens is 1. The molecule has 234 valence electrons. The molecule has 7 rings (SSSR count). The molecule has 0 atom stereocenters. The molecule has 2 saturated carbocycles. The van der Waals surface area contributed by atoms with Crippen LogP contribution in [0.2, 0.25) is 0 Å². The maximum absolute atomic E-state index is 11.2. The Labute approximate surface area is 278 Å². The zero-order valence-corrected chi connectivity index (χ0v) is 29.0. The lowest BCUT2D eigenvalue weighted by Gasteiger charge is -2.30. The van der Waals surface area contributed by atoms with Crippen LogP contribution in [0.4, 0.5) is 5.69 Å². The van der Waals surface area contributed by atoms with Crippen LogP contribution in [0.15, 0.2) is 94.9 Å². The van der Waals surface area contributed by atoms with Gasteiger partial charge in [0.2, 0.25) is 6.20 Å². The Morgan fingerprint density at radius 1 is 0.867 bits per heavy atom. The Hall–Kier alpha value is -3.11. The first-order valence-corrected chi connectivity index (χ1v) is 18.0. The molecule has 0 saturated heterocycles. The number of benzene rings is 3. The molecule has 0 radical (unpaired) electrons. The molecule has 0 spiro atoms. The molecule has 3 nitrogen and oxygen atoms in total. The van der Waals surface area contributed by atoms with Crippen molar-refractivity contribution in [1.29, 1.82) is 0 Å². The van der Waals surface area contributed by atoms with E-state index >= 15 is 0 Å². The van der Waals surface area contributed by atoms with E-state index in [4.69, 9.17) is 0 Å². The summed E-state index contributed by atoms with van der Waals surface area (Å²) in [7, 11) is 0. The molecule has 0 unspecified atom stereocenters. The highest BCUT2D eigenvalue weighted by Crippen LogP contribution is 2.52. The van der Waals surface area contributed by atoms with E-state index in [1.807, 2.05) is 6.20 Å². The van der Waals surface area contributed by atoms with Gasteiger partial charge < -0.3 is 10.0 Å². The summed E-state index contributed by atoms with van der Waals surface area (Å²) in [5, 5.41) is 13.9. The minimum atomic E-state index is -0.453. The van der Waals surface area contributed by atoms with Gasteiger partial charge in [-0.05, 0) is 97.2 Å². The van der Waals surface area contributed by atoms with Crippen molar-refractivity contribution in [2.75, 3.05) is 18.0 Å². The van der Waals surface area contributed by atoms with E-state index in [9.17, 15) is 5.11 Å². The molecular formula is C41H48BrN2O+. The minimum Gasteiger partial charge on any atom is -0.506 e. The minimum absolute atomic E-state index is 0.178. The Kier molecular flexibility index (Phi) is 8.09. The molecule has 4 aliphatic rings. The number of anilines is 1. The average molecular weight is 665 g/mol. The van der Waals surface area contributed by atoms with Crippen molar-refractivity contribution in [3.05, 3.63) is 106 Å². The third kappa shape index (κ3) is 5.62. The number of rotatable bonds is 7. The maximum Gasteiger partial charge on any atom is 0.208 e. The fraction of sp³-hybridized carbons (Fsp3) is 0.439. The summed E-state index contributed by atoms with van der Waals surface area (Å²) < 4.78 is 3.44. The number of aliphatic hydroxyl groups excluding tert-OH is 1. The fourth-order valence-electron chi connectivity index (χ4n) is 8.54. The van der Waals surface area contributed by atoms with Crippen molar-refractivity contribution < 1.29 is 9.68 Å². The van der Waals surface area contributed by atoms with Crippen molar-refractivity contribution in [3.63, 3.8) is 0 Å². The molecule has 3 aromatic carbocycles. The van der Waals surface area contributed by atoms with E-state index in [2.05, 4.69) is 126 Å². The molecule has 0 amide bonds. The monoisotopic (exact) mass is 663 g/mol. The van der Waals surface area contributed by atoms with E-state index < -0.39 is 5.41 Å². The third-order valence-electron chi connectivity index (χ3n) is 11.2. The van der Waals surface area contributed by atoms with Crippen LogP contribution in [0.1, 0.15) is 90.2 Å². The third-order valence-corrected chi connectivity index (χ3v) is 11.8.